The second-order valence-corrected chi connectivity index (χ2v) is 4.81. The Morgan fingerprint density at radius 2 is 2.00 bits per heavy atom. The smallest absolute Gasteiger partial charge is 0.276 e. The van der Waals surface area contributed by atoms with Crippen molar-refractivity contribution in [2.75, 3.05) is 13.6 Å². The van der Waals surface area contributed by atoms with Crippen molar-refractivity contribution >= 4 is 17.6 Å². The van der Waals surface area contributed by atoms with E-state index in [4.69, 9.17) is 0 Å². The van der Waals surface area contributed by atoms with E-state index in [2.05, 4.69) is 20.8 Å². The van der Waals surface area contributed by atoms with E-state index in [9.17, 15) is 4.79 Å². The first-order chi connectivity index (χ1) is 4.95. The molecule has 0 aromatic heterocycles. The molecular weight excluding hydrogens is 158 g/mol. The Balaban J connectivity index is 3.45. The fraction of sp³-hybridized carbons (Fsp3) is 0.875. The van der Waals surface area contributed by atoms with Crippen molar-refractivity contribution in [2.24, 2.45) is 5.41 Å². The molecule has 0 amide bonds. The number of hydrogen-bond donors (Lipinski definition) is 0. The first kappa shape index (κ1) is 11.0. The molecule has 0 spiro atoms. The van der Waals surface area contributed by atoms with E-state index >= 15 is 0 Å². The van der Waals surface area contributed by atoms with E-state index in [-0.39, 0.29) is 0 Å². The highest BCUT2D eigenvalue weighted by molar-refractivity contribution is 8.09. The van der Waals surface area contributed by atoms with Gasteiger partial charge in [-0.25, -0.2) is 4.31 Å². The highest BCUT2D eigenvalue weighted by Crippen LogP contribution is 2.19. The van der Waals surface area contributed by atoms with E-state index < -0.39 is 0 Å². The molecule has 0 saturated heterocycles. The van der Waals surface area contributed by atoms with Crippen LogP contribution in [0.1, 0.15) is 27.2 Å². The Morgan fingerprint density at radius 1 is 1.45 bits per heavy atom. The van der Waals surface area contributed by atoms with Crippen LogP contribution < -0.4 is 0 Å². The van der Waals surface area contributed by atoms with Crippen LogP contribution in [0.2, 0.25) is 0 Å². The van der Waals surface area contributed by atoms with Crippen molar-refractivity contribution in [3.8, 4) is 0 Å². The average Bonchev–Trinajstić information content (AvgIpc) is 1.83. The Morgan fingerprint density at radius 3 is 2.36 bits per heavy atom. The van der Waals surface area contributed by atoms with Gasteiger partial charge in [-0.1, -0.05) is 20.8 Å². The minimum absolute atomic E-state index is 0.345. The van der Waals surface area contributed by atoms with Gasteiger partial charge in [0.1, 0.15) is 0 Å². The summed E-state index contributed by atoms with van der Waals surface area (Å²) in [7, 11) is 1.90. The fourth-order valence-corrected chi connectivity index (χ4v) is 0.912. The van der Waals surface area contributed by atoms with Gasteiger partial charge in [0.15, 0.2) is 0 Å². The molecule has 0 fully saturated rings. The van der Waals surface area contributed by atoms with Crippen LogP contribution in [-0.2, 0) is 4.79 Å². The number of rotatable bonds is 4. The van der Waals surface area contributed by atoms with Crippen LogP contribution in [0.25, 0.3) is 0 Å². The van der Waals surface area contributed by atoms with Crippen LogP contribution in [0.15, 0.2) is 0 Å². The third-order valence-corrected chi connectivity index (χ3v) is 1.94. The lowest BCUT2D eigenvalue weighted by Crippen LogP contribution is -2.17. The van der Waals surface area contributed by atoms with Crippen LogP contribution in [0, 0.1) is 5.41 Å². The zero-order chi connectivity index (χ0) is 8.91. The first-order valence-electron chi connectivity index (χ1n) is 3.71. The highest BCUT2D eigenvalue weighted by atomic mass is 32.2. The third kappa shape index (κ3) is 7.88. The van der Waals surface area contributed by atoms with Gasteiger partial charge in [-0.15, -0.1) is 0 Å². The summed E-state index contributed by atoms with van der Waals surface area (Å²) in [5.41, 5.74) is 2.14. The molecule has 0 unspecified atom stereocenters. The Hall–Kier alpha value is -0.0200. The second-order valence-electron chi connectivity index (χ2n) is 3.84. The summed E-state index contributed by atoms with van der Waals surface area (Å²) < 4.78 is 1.90. The van der Waals surface area contributed by atoms with Gasteiger partial charge in [0.25, 0.3) is 5.62 Å². The zero-order valence-corrected chi connectivity index (χ0v) is 8.49. The van der Waals surface area contributed by atoms with Gasteiger partial charge in [0, 0.05) is 18.5 Å². The van der Waals surface area contributed by atoms with Crippen molar-refractivity contribution < 1.29 is 4.79 Å². The van der Waals surface area contributed by atoms with Gasteiger partial charge in [0.05, 0.1) is 0 Å². The summed E-state index contributed by atoms with van der Waals surface area (Å²) in [6, 6.07) is 0. The third-order valence-electron chi connectivity index (χ3n) is 1.37. The Labute approximate surface area is 73.5 Å². The van der Waals surface area contributed by atoms with Crippen LogP contribution in [-0.4, -0.2) is 23.5 Å². The molecule has 0 bridgehead atoms. The molecule has 0 saturated carbocycles. The van der Waals surface area contributed by atoms with Crippen molar-refractivity contribution in [2.45, 2.75) is 27.2 Å². The average molecular weight is 174 g/mol. The molecule has 0 aromatic carbocycles. The lowest BCUT2D eigenvalue weighted by Gasteiger charge is -2.20. The molecule has 11 heavy (non-hydrogen) atoms. The zero-order valence-electron chi connectivity index (χ0n) is 7.68. The maximum Gasteiger partial charge on any atom is 0.282 e. The minimum Gasteiger partial charge on any atom is -0.276 e. The van der Waals surface area contributed by atoms with E-state index in [1.165, 1.54) is 0 Å². The maximum atomic E-state index is 9.94. The molecule has 2 nitrogen and oxygen atoms in total. The maximum absolute atomic E-state index is 9.94. The standard InChI is InChI=1S/C8H16NOS/c1-8(2,3)5-6-9(4)11-7-10/h5-6H2,1-4H3. The van der Waals surface area contributed by atoms with Gasteiger partial charge in [-0.3, -0.25) is 4.79 Å². The quantitative estimate of drug-likeness (QED) is 0.609. The van der Waals surface area contributed by atoms with Crippen LogP contribution in [0.3, 0.4) is 0 Å². The van der Waals surface area contributed by atoms with E-state index in [0.29, 0.717) is 5.41 Å². The molecule has 0 aliphatic heterocycles. The number of hydrogen-bond acceptors (Lipinski definition) is 3. The van der Waals surface area contributed by atoms with Gasteiger partial charge in [-0.2, -0.15) is 0 Å². The van der Waals surface area contributed by atoms with E-state index in [1.807, 2.05) is 11.4 Å². The van der Waals surface area contributed by atoms with Crippen molar-refractivity contribution in [1.82, 2.24) is 4.31 Å². The van der Waals surface area contributed by atoms with Crippen LogP contribution in [0.4, 0.5) is 0 Å². The molecule has 0 aliphatic rings. The van der Waals surface area contributed by atoms with Gasteiger partial charge >= 0.3 is 0 Å². The van der Waals surface area contributed by atoms with Crippen molar-refractivity contribution in [3.05, 3.63) is 0 Å². The monoisotopic (exact) mass is 174 g/mol. The van der Waals surface area contributed by atoms with Gasteiger partial charge in [-0.05, 0) is 18.9 Å². The van der Waals surface area contributed by atoms with E-state index in [1.54, 1.807) is 5.62 Å². The number of carbonyl (C=O) groups excluding carboxylic acids is 1. The fourth-order valence-electron chi connectivity index (χ4n) is 0.602. The van der Waals surface area contributed by atoms with Crippen LogP contribution in [0.5, 0.6) is 0 Å². The lowest BCUT2D eigenvalue weighted by molar-refractivity contribution is 0.342. The molecule has 0 aliphatic carbocycles. The second kappa shape index (κ2) is 4.78. The molecule has 0 heterocycles. The van der Waals surface area contributed by atoms with Crippen molar-refractivity contribution in [3.63, 3.8) is 0 Å². The molecule has 1 radical (unpaired) electrons. The summed E-state index contributed by atoms with van der Waals surface area (Å²) in [6.45, 7) is 7.51. The predicted octanol–water partition coefficient (Wildman–Crippen LogP) is 2.07. The summed E-state index contributed by atoms with van der Waals surface area (Å²) in [6.07, 6.45) is 1.10. The first-order valence-corrected chi connectivity index (χ1v) is 4.48. The molecule has 0 N–H and O–H groups in total. The normalized spacial score (nSPS) is 12.1. The summed E-state index contributed by atoms with van der Waals surface area (Å²) in [5, 5.41) is 0. The molecular formula is C8H16NOS. The number of nitrogens with zero attached hydrogens (tertiary/aromatic N) is 1. The van der Waals surface area contributed by atoms with Crippen LogP contribution >= 0.6 is 11.9 Å². The molecule has 3 heteroatoms. The summed E-state index contributed by atoms with van der Waals surface area (Å²) in [4.78, 5) is 9.94. The van der Waals surface area contributed by atoms with Gasteiger partial charge < -0.3 is 0 Å². The Bertz CT molecular complexity index is 120. The molecule has 0 aromatic rings. The molecule has 65 valence electrons. The highest BCUT2D eigenvalue weighted by Gasteiger charge is 2.11. The molecule has 0 rings (SSSR count). The lowest BCUT2D eigenvalue weighted by atomic mass is 9.92. The SMILES string of the molecule is CN(CCC(C)(C)C)S[C]=O. The minimum atomic E-state index is 0.345. The predicted molar refractivity (Wildman–Crippen MR) is 50.0 cm³/mol. The Kier molecular flexibility index (Phi) is 4.77. The largest absolute Gasteiger partial charge is 0.282 e. The van der Waals surface area contributed by atoms with Gasteiger partial charge in [0.2, 0.25) is 0 Å². The van der Waals surface area contributed by atoms with Crippen molar-refractivity contribution in [1.29, 1.82) is 0 Å². The summed E-state index contributed by atoms with van der Waals surface area (Å²) >= 11 is 1.10. The molecule has 0 atom stereocenters. The van der Waals surface area contributed by atoms with E-state index in [0.717, 1.165) is 24.9 Å². The topological polar surface area (TPSA) is 20.3 Å². The summed E-state index contributed by atoms with van der Waals surface area (Å²) in [5.74, 6) is 0.